The standard InChI is InChI=1S/C33H38ClFIN3O2/c1-5-33(35,36-3)24-11-12-27-29(18-24)39-31(38-27)25-20-37-28(19-26(25)34)22-14-16-32(2,17-15-22)23-9-6-21(7-10-23)8-13-30(40)41-4/h11-12,14-16,18-21,23H,3,5-10,13,17H2,1-2,4H3,(H,38,39). The van der Waals surface area contributed by atoms with E-state index in [9.17, 15) is 4.79 Å². The maximum atomic E-state index is 15.3. The molecule has 2 aliphatic carbocycles. The summed E-state index contributed by atoms with van der Waals surface area (Å²) in [5, 5.41) is 0.569. The average Bonchev–Trinajstić information content (AvgIpc) is 3.43. The van der Waals surface area contributed by atoms with Gasteiger partial charge in [-0.2, -0.15) is 0 Å². The largest absolute Gasteiger partial charge is 0.469 e. The van der Waals surface area contributed by atoms with Crippen LogP contribution in [0.3, 0.4) is 0 Å². The number of benzene rings is 1. The highest BCUT2D eigenvalue weighted by Crippen LogP contribution is 2.47. The number of pyridine rings is 1. The van der Waals surface area contributed by atoms with E-state index in [0.717, 1.165) is 35.1 Å². The first-order chi connectivity index (χ1) is 19.7. The summed E-state index contributed by atoms with van der Waals surface area (Å²) in [6.07, 6.45) is 16.2. The number of aromatic amines is 1. The van der Waals surface area contributed by atoms with Crippen LogP contribution < -0.4 is 0 Å². The van der Waals surface area contributed by atoms with E-state index in [1.807, 2.05) is 31.2 Å². The maximum absolute atomic E-state index is 15.3. The number of carbonyl (C=O) groups excluding carboxylic acids is 1. The highest BCUT2D eigenvalue weighted by Gasteiger charge is 2.35. The number of halogens is 3. The number of nitrogens with zero attached hydrogens (tertiary/aromatic N) is 2. The number of imidazole rings is 1. The molecule has 0 radical (unpaired) electrons. The number of H-pyrrole nitrogens is 1. The number of ether oxygens (including phenoxy) is 1. The van der Waals surface area contributed by atoms with E-state index in [1.54, 1.807) is 6.20 Å². The number of allylic oxidation sites excluding steroid dienone is 4. The Morgan fingerprint density at radius 2 is 2.07 bits per heavy atom. The summed E-state index contributed by atoms with van der Waals surface area (Å²) in [4.78, 5) is 24.3. The van der Waals surface area contributed by atoms with Crippen LogP contribution in [0.2, 0.25) is 5.02 Å². The summed E-state index contributed by atoms with van der Waals surface area (Å²) in [6, 6.07) is 7.42. The molecule has 2 atom stereocenters. The molecule has 0 spiro atoms. The molecule has 2 heterocycles. The second-order valence-electron chi connectivity index (χ2n) is 11.6. The number of nitrogens with one attached hydrogen (secondary N) is 1. The molecule has 1 aromatic carbocycles. The first kappa shape index (κ1) is 30.1. The van der Waals surface area contributed by atoms with Gasteiger partial charge in [-0.25, -0.2) is 9.37 Å². The molecule has 3 aromatic rings. The number of hydrogen-bond acceptors (Lipinski definition) is 4. The van der Waals surface area contributed by atoms with E-state index in [2.05, 4.69) is 34.7 Å². The van der Waals surface area contributed by atoms with E-state index in [0.29, 0.717) is 46.7 Å². The topological polar surface area (TPSA) is 67.9 Å². The van der Waals surface area contributed by atoms with Gasteiger partial charge in [-0.15, -0.1) is 0 Å². The number of rotatable bonds is 9. The van der Waals surface area contributed by atoms with Crippen LogP contribution >= 0.6 is 32.3 Å². The zero-order chi connectivity index (χ0) is 29.2. The Morgan fingerprint density at radius 1 is 1.29 bits per heavy atom. The van der Waals surface area contributed by atoms with Crippen molar-refractivity contribution in [1.29, 1.82) is 0 Å². The van der Waals surface area contributed by atoms with Crippen molar-refractivity contribution in [1.82, 2.24) is 15.0 Å². The molecule has 5 rings (SSSR count). The van der Waals surface area contributed by atoms with Crippen molar-refractivity contribution < 1.29 is 13.9 Å². The van der Waals surface area contributed by atoms with E-state index < -0.39 is 24.4 Å². The number of alkyl halides is 2. The minimum absolute atomic E-state index is 0.104. The van der Waals surface area contributed by atoms with Crippen LogP contribution in [0.25, 0.3) is 28.0 Å². The zero-order valence-corrected chi connectivity index (χ0v) is 26.9. The van der Waals surface area contributed by atoms with Crippen molar-refractivity contribution in [3.63, 3.8) is 0 Å². The fourth-order valence-corrected chi connectivity index (χ4v) is 7.83. The lowest BCUT2D eigenvalue weighted by atomic mass is 9.64. The Morgan fingerprint density at radius 3 is 2.71 bits per heavy atom. The molecule has 0 saturated heterocycles. The van der Waals surface area contributed by atoms with Crippen LogP contribution in [0, 0.1) is 17.3 Å². The van der Waals surface area contributed by atoms with Crippen molar-refractivity contribution in [3.05, 3.63) is 65.0 Å². The van der Waals surface area contributed by atoms with Crippen molar-refractivity contribution in [2.24, 2.45) is 17.3 Å². The summed E-state index contributed by atoms with van der Waals surface area (Å²) in [6.45, 7) is 4.22. The molecule has 0 aliphatic heterocycles. The third-order valence-electron chi connectivity index (χ3n) is 9.13. The average molecular weight is 690 g/mol. The summed E-state index contributed by atoms with van der Waals surface area (Å²) >= 11 is 5.91. The maximum Gasteiger partial charge on any atom is 0.305 e. The lowest BCUT2D eigenvalue weighted by Gasteiger charge is -2.41. The minimum Gasteiger partial charge on any atom is -0.469 e. The molecule has 2 unspecified atom stereocenters. The molecule has 1 fully saturated rings. The number of esters is 1. The fourth-order valence-electron chi connectivity index (χ4n) is 6.28. The smallest absolute Gasteiger partial charge is 0.305 e. The lowest BCUT2D eigenvalue weighted by Crippen LogP contribution is -2.30. The normalized spacial score (nSPS) is 24.2. The molecule has 5 nitrogen and oxygen atoms in total. The molecule has 1 saturated carbocycles. The number of hydrogen-bond donors (Lipinski definition) is 1. The molecule has 2 aliphatic rings. The second kappa shape index (κ2) is 12.5. The van der Waals surface area contributed by atoms with E-state index in [-0.39, 0.29) is 11.4 Å². The Kier molecular flexibility index (Phi) is 9.14. The molecule has 1 N–H and O–H groups in total. The predicted octanol–water partition coefficient (Wildman–Crippen LogP) is 9.32. The molecule has 8 heteroatoms. The van der Waals surface area contributed by atoms with Gasteiger partial charge in [-0.05, 0) is 73.1 Å². The summed E-state index contributed by atoms with van der Waals surface area (Å²) in [5.41, 5.74) is 4.95. The third kappa shape index (κ3) is 6.36. The lowest BCUT2D eigenvalue weighted by molar-refractivity contribution is -0.141. The summed E-state index contributed by atoms with van der Waals surface area (Å²) in [7, 11) is 1.46. The zero-order valence-electron chi connectivity index (χ0n) is 24.0. The van der Waals surface area contributed by atoms with E-state index in [4.69, 9.17) is 26.3 Å². The van der Waals surface area contributed by atoms with Gasteiger partial charge < -0.3 is 9.72 Å². The van der Waals surface area contributed by atoms with Crippen LogP contribution in [0.4, 0.5) is 4.39 Å². The Hall–Kier alpha value is -2.39. The van der Waals surface area contributed by atoms with Gasteiger partial charge in [0, 0.05) is 18.2 Å². The van der Waals surface area contributed by atoms with Crippen molar-refractivity contribution >= 4 is 59.4 Å². The van der Waals surface area contributed by atoms with Gasteiger partial charge in [0.25, 0.3) is 0 Å². The predicted molar refractivity (Wildman–Crippen MR) is 175 cm³/mol. The summed E-state index contributed by atoms with van der Waals surface area (Å²) < 4.78 is 22.6. The van der Waals surface area contributed by atoms with Crippen LogP contribution in [0.1, 0.15) is 76.5 Å². The molecule has 2 aromatic heterocycles. The van der Waals surface area contributed by atoms with Crippen molar-refractivity contribution in [3.8, 4) is 11.4 Å². The SMILES string of the molecule is C=IC(F)(CC)c1ccc2nc(-c3cnc(C4=CCC(C)(C5CCC(CCC(=O)OC)CC5)C=C4)cc3Cl)[nH]c2c1. The monoisotopic (exact) mass is 689 g/mol. The van der Waals surface area contributed by atoms with Gasteiger partial charge in [0.1, 0.15) is 5.82 Å². The van der Waals surface area contributed by atoms with Gasteiger partial charge >= 0.3 is 5.97 Å². The van der Waals surface area contributed by atoms with Crippen molar-refractivity contribution in [2.75, 3.05) is 7.11 Å². The number of aromatic nitrogens is 3. The molecular formula is C33H38ClFIN3O2. The molecule has 0 amide bonds. The minimum atomic E-state index is -1.35. The molecule has 218 valence electrons. The quantitative estimate of drug-likeness (QED) is 0.138. The van der Waals surface area contributed by atoms with Crippen molar-refractivity contribution in [2.45, 2.75) is 68.9 Å². The number of methoxy groups -OCH3 is 1. The van der Waals surface area contributed by atoms with Gasteiger partial charge in [-0.3, -0.25) is 9.78 Å². The second-order valence-corrected chi connectivity index (χ2v) is 14.5. The van der Waals surface area contributed by atoms with Crippen LogP contribution in [0.5, 0.6) is 0 Å². The highest BCUT2D eigenvalue weighted by atomic mass is 127. The third-order valence-corrected chi connectivity index (χ3v) is 12.0. The van der Waals surface area contributed by atoms with Gasteiger partial charge in [0.15, 0.2) is 3.68 Å². The number of fused-ring (bicyclic) bond motifs is 1. The van der Waals surface area contributed by atoms with Gasteiger partial charge in [0.05, 0.1) is 34.4 Å². The van der Waals surface area contributed by atoms with Gasteiger partial charge in [-0.1, -0.05) is 87.8 Å². The molecular weight excluding hydrogens is 652 g/mol. The van der Waals surface area contributed by atoms with E-state index in [1.165, 1.54) is 32.8 Å². The molecule has 41 heavy (non-hydrogen) atoms. The van der Waals surface area contributed by atoms with Crippen LogP contribution in [-0.4, -0.2) is 32.5 Å². The van der Waals surface area contributed by atoms with E-state index >= 15 is 4.39 Å². The first-order valence-corrected chi connectivity index (χ1v) is 17.4. The number of carbonyl (C=O) groups is 1. The highest BCUT2D eigenvalue weighted by molar-refractivity contribution is 14.2. The van der Waals surface area contributed by atoms with Gasteiger partial charge in [0.2, 0.25) is 0 Å². The Labute approximate surface area is 256 Å². The Balaban J connectivity index is 1.26. The van der Waals surface area contributed by atoms with Crippen LogP contribution in [-0.2, 0) is 13.2 Å². The fraction of sp³-hybridized carbons (Fsp3) is 0.455. The summed E-state index contributed by atoms with van der Waals surface area (Å²) in [5.74, 6) is 1.77. The Bertz CT molecular complexity index is 1510. The molecule has 0 bridgehead atoms. The first-order valence-electron chi connectivity index (χ1n) is 14.4. The van der Waals surface area contributed by atoms with Crippen LogP contribution in [0.15, 0.2) is 48.7 Å².